The third-order valence-electron chi connectivity index (χ3n) is 2.51. The highest BCUT2D eigenvalue weighted by molar-refractivity contribution is 8.02. The zero-order valence-corrected chi connectivity index (χ0v) is 12.7. The Kier molecular flexibility index (Phi) is 4.76. The summed E-state index contributed by atoms with van der Waals surface area (Å²) in [5.41, 5.74) is 11.6. The average molecular weight is 323 g/mol. The second-order valence-electron chi connectivity index (χ2n) is 4.10. The Hall–Kier alpha value is -2.13. The average Bonchev–Trinajstić information content (AvgIpc) is 2.84. The zero-order valence-electron chi connectivity index (χ0n) is 11.1. The van der Waals surface area contributed by atoms with Gasteiger partial charge in [0.05, 0.1) is 5.25 Å². The Morgan fingerprint density at radius 3 is 2.48 bits per heavy atom. The van der Waals surface area contributed by atoms with Crippen LogP contribution in [0.15, 0.2) is 28.6 Å². The van der Waals surface area contributed by atoms with E-state index in [9.17, 15) is 9.59 Å². The summed E-state index contributed by atoms with van der Waals surface area (Å²) in [7, 11) is 0. The molecule has 0 bridgehead atoms. The Balaban J connectivity index is 1.95. The van der Waals surface area contributed by atoms with E-state index in [4.69, 9.17) is 11.5 Å². The smallest absolute Gasteiger partial charge is 0.248 e. The first kappa shape index (κ1) is 15.3. The van der Waals surface area contributed by atoms with Gasteiger partial charge in [0.2, 0.25) is 16.9 Å². The number of aromatic nitrogens is 2. The third kappa shape index (κ3) is 4.17. The topological polar surface area (TPSA) is 124 Å². The Morgan fingerprint density at radius 1 is 1.29 bits per heavy atom. The fourth-order valence-electron chi connectivity index (χ4n) is 1.43. The molecule has 0 radical (unpaired) electrons. The van der Waals surface area contributed by atoms with E-state index in [1.165, 1.54) is 23.1 Å². The minimum atomic E-state index is -0.509. The summed E-state index contributed by atoms with van der Waals surface area (Å²) in [6, 6.07) is 6.36. The zero-order chi connectivity index (χ0) is 15.4. The molecule has 0 aliphatic rings. The highest BCUT2D eigenvalue weighted by Gasteiger charge is 2.17. The fraction of sp³-hybridized carbons (Fsp3) is 0.167. The Labute approximate surface area is 129 Å². The van der Waals surface area contributed by atoms with Crippen molar-refractivity contribution in [2.45, 2.75) is 16.5 Å². The van der Waals surface area contributed by atoms with Gasteiger partial charge in [-0.2, -0.15) is 0 Å². The van der Waals surface area contributed by atoms with E-state index in [1.807, 2.05) is 0 Å². The van der Waals surface area contributed by atoms with E-state index < -0.39 is 5.91 Å². The standard InChI is InChI=1S/C12H13N5O2S2/c1-6(20-12-17-16-11(14)21-12)10(19)15-8-4-2-7(3-5-8)9(13)18/h2-6H,1H3,(H2,13,18)(H2,14,16)(H,15,19). The van der Waals surface area contributed by atoms with Crippen LogP contribution in [0.4, 0.5) is 10.8 Å². The molecule has 2 amide bonds. The molecule has 0 saturated carbocycles. The van der Waals surface area contributed by atoms with Gasteiger partial charge in [-0.05, 0) is 31.2 Å². The lowest BCUT2D eigenvalue weighted by Crippen LogP contribution is -2.22. The molecule has 0 spiro atoms. The van der Waals surface area contributed by atoms with Gasteiger partial charge in [-0.1, -0.05) is 23.1 Å². The van der Waals surface area contributed by atoms with Crippen molar-refractivity contribution in [3.63, 3.8) is 0 Å². The monoisotopic (exact) mass is 323 g/mol. The van der Waals surface area contributed by atoms with Gasteiger partial charge in [0.25, 0.3) is 0 Å². The number of carbonyl (C=O) groups excluding carboxylic acids is 2. The van der Waals surface area contributed by atoms with Gasteiger partial charge in [0.15, 0.2) is 4.34 Å². The van der Waals surface area contributed by atoms with Crippen LogP contribution in [-0.2, 0) is 4.79 Å². The van der Waals surface area contributed by atoms with Gasteiger partial charge in [-0.25, -0.2) is 0 Å². The van der Waals surface area contributed by atoms with E-state index in [-0.39, 0.29) is 11.2 Å². The van der Waals surface area contributed by atoms with Crippen LogP contribution in [-0.4, -0.2) is 27.3 Å². The fourth-order valence-corrected chi connectivity index (χ4v) is 3.21. The van der Waals surface area contributed by atoms with Crippen LogP contribution < -0.4 is 16.8 Å². The number of nitrogen functional groups attached to an aromatic ring is 1. The minimum absolute atomic E-state index is 0.180. The van der Waals surface area contributed by atoms with Crippen molar-refractivity contribution < 1.29 is 9.59 Å². The first-order chi connectivity index (χ1) is 9.95. The van der Waals surface area contributed by atoms with Crippen LogP contribution >= 0.6 is 23.1 Å². The van der Waals surface area contributed by atoms with Crippen LogP contribution in [0, 0.1) is 0 Å². The van der Waals surface area contributed by atoms with E-state index >= 15 is 0 Å². The van der Waals surface area contributed by atoms with E-state index in [1.54, 1.807) is 31.2 Å². The highest BCUT2D eigenvalue weighted by Crippen LogP contribution is 2.28. The van der Waals surface area contributed by atoms with Gasteiger partial charge in [-0.15, -0.1) is 10.2 Å². The predicted molar refractivity (Wildman–Crippen MR) is 83.2 cm³/mol. The van der Waals surface area contributed by atoms with Crippen LogP contribution in [0.3, 0.4) is 0 Å². The molecular weight excluding hydrogens is 310 g/mol. The molecule has 21 heavy (non-hydrogen) atoms. The molecule has 2 aromatic rings. The second-order valence-corrected chi connectivity index (χ2v) is 6.69. The van der Waals surface area contributed by atoms with E-state index in [2.05, 4.69) is 15.5 Å². The minimum Gasteiger partial charge on any atom is -0.374 e. The quantitative estimate of drug-likeness (QED) is 0.713. The number of rotatable bonds is 5. The van der Waals surface area contributed by atoms with Crippen molar-refractivity contribution in [2.24, 2.45) is 5.73 Å². The van der Waals surface area contributed by atoms with Gasteiger partial charge < -0.3 is 16.8 Å². The maximum atomic E-state index is 12.0. The molecule has 5 N–H and O–H groups in total. The van der Waals surface area contributed by atoms with Crippen LogP contribution in [0.25, 0.3) is 0 Å². The molecule has 1 aromatic carbocycles. The van der Waals surface area contributed by atoms with Gasteiger partial charge in [0, 0.05) is 11.3 Å². The summed E-state index contributed by atoms with van der Waals surface area (Å²) >= 11 is 2.51. The van der Waals surface area contributed by atoms with Crippen molar-refractivity contribution in [3.05, 3.63) is 29.8 Å². The predicted octanol–water partition coefficient (Wildman–Crippen LogP) is 1.34. The Morgan fingerprint density at radius 2 is 1.95 bits per heavy atom. The lowest BCUT2D eigenvalue weighted by Gasteiger charge is -2.10. The molecule has 1 aromatic heterocycles. The first-order valence-corrected chi connectivity index (χ1v) is 7.61. The molecule has 9 heteroatoms. The van der Waals surface area contributed by atoms with Crippen molar-refractivity contribution in [1.29, 1.82) is 0 Å². The number of hydrogen-bond donors (Lipinski definition) is 3. The maximum Gasteiger partial charge on any atom is 0.248 e. The normalized spacial score (nSPS) is 11.9. The number of nitrogens with two attached hydrogens (primary N) is 2. The SMILES string of the molecule is CC(Sc1nnc(N)s1)C(=O)Nc1ccc(C(N)=O)cc1. The van der Waals surface area contributed by atoms with Crippen LogP contribution in [0.2, 0.25) is 0 Å². The Bertz CT molecular complexity index is 656. The van der Waals surface area contributed by atoms with Crippen molar-refractivity contribution in [1.82, 2.24) is 10.2 Å². The number of nitrogens with zero attached hydrogens (tertiary/aromatic N) is 2. The maximum absolute atomic E-state index is 12.0. The van der Waals surface area contributed by atoms with Crippen molar-refractivity contribution >= 4 is 45.7 Å². The van der Waals surface area contributed by atoms with Crippen LogP contribution in [0.1, 0.15) is 17.3 Å². The molecule has 0 aliphatic carbocycles. The molecule has 7 nitrogen and oxygen atoms in total. The lowest BCUT2D eigenvalue weighted by molar-refractivity contribution is -0.115. The molecule has 0 saturated heterocycles. The molecule has 0 fully saturated rings. The number of amides is 2. The first-order valence-electron chi connectivity index (χ1n) is 5.92. The summed E-state index contributed by atoms with van der Waals surface area (Å²) in [4.78, 5) is 23.0. The van der Waals surface area contributed by atoms with Crippen LogP contribution in [0.5, 0.6) is 0 Å². The summed E-state index contributed by atoms with van der Waals surface area (Å²) in [6.07, 6.45) is 0. The summed E-state index contributed by atoms with van der Waals surface area (Å²) in [5.74, 6) is -0.689. The number of anilines is 2. The second kappa shape index (κ2) is 6.55. The van der Waals surface area contributed by atoms with Gasteiger partial charge in [-0.3, -0.25) is 9.59 Å². The molecular formula is C12H13N5O2S2. The van der Waals surface area contributed by atoms with Gasteiger partial charge >= 0.3 is 0 Å². The lowest BCUT2D eigenvalue weighted by atomic mass is 10.2. The molecule has 1 heterocycles. The highest BCUT2D eigenvalue weighted by atomic mass is 32.2. The molecule has 1 atom stereocenters. The molecule has 1 unspecified atom stereocenters. The number of carbonyl (C=O) groups is 2. The van der Waals surface area contributed by atoms with Crippen molar-refractivity contribution in [3.8, 4) is 0 Å². The molecule has 2 rings (SSSR count). The number of nitrogens with one attached hydrogen (secondary N) is 1. The number of thioether (sulfide) groups is 1. The number of primary amides is 1. The summed E-state index contributed by atoms with van der Waals surface area (Å²) in [6.45, 7) is 1.76. The van der Waals surface area contributed by atoms with E-state index in [0.29, 0.717) is 20.7 Å². The molecule has 110 valence electrons. The van der Waals surface area contributed by atoms with Crippen molar-refractivity contribution in [2.75, 3.05) is 11.1 Å². The summed E-state index contributed by atoms with van der Waals surface area (Å²) in [5, 5.41) is 10.3. The largest absolute Gasteiger partial charge is 0.374 e. The number of benzene rings is 1. The van der Waals surface area contributed by atoms with Gasteiger partial charge in [0.1, 0.15) is 0 Å². The third-order valence-corrected chi connectivity index (χ3v) is 4.44. The van der Waals surface area contributed by atoms with E-state index in [0.717, 1.165) is 0 Å². The summed E-state index contributed by atoms with van der Waals surface area (Å²) < 4.78 is 0.638. The molecule has 0 aliphatic heterocycles. The number of hydrogen-bond acceptors (Lipinski definition) is 7.